The Morgan fingerprint density at radius 2 is 0.775 bits per heavy atom. The van der Waals surface area contributed by atoms with Crippen LogP contribution in [0.4, 0.5) is 0 Å². The van der Waals surface area contributed by atoms with Gasteiger partial charge in [0.25, 0.3) is 0 Å². The van der Waals surface area contributed by atoms with Crippen molar-refractivity contribution in [2.24, 2.45) is 0 Å². The molecule has 20 heteroatoms. The van der Waals surface area contributed by atoms with Gasteiger partial charge in [-0.3, -0.25) is 30.0 Å². The van der Waals surface area contributed by atoms with Crippen molar-refractivity contribution in [1.82, 2.24) is 101 Å². The average molecular weight is 1540 g/mol. The number of aryl methyl sites for hydroxylation is 2. The molecule has 11 rings (SSSR count). The Morgan fingerprint density at radius 1 is 0.288 bits per heavy atom. The molecule has 634 valence electrons. The Bertz CT molecular complexity index is 3130. The highest BCUT2D eigenvalue weighted by Crippen LogP contribution is 2.23. The van der Waals surface area contributed by atoms with Crippen LogP contribution in [0.1, 0.15) is 339 Å². The number of hydrogen-bond donors (Lipinski definition) is 5. The number of tetrazole rings is 1. The van der Waals surface area contributed by atoms with Gasteiger partial charge in [0.15, 0.2) is 5.82 Å². The zero-order valence-corrected chi connectivity index (χ0v) is 65.5. The lowest BCUT2D eigenvalue weighted by molar-refractivity contribution is 0.545. The van der Waals surface area contributed by atoms with Crippen molar-refractivity contribution in [2.75, 3.05) is 0 Å². The van der Waals surface area contributed by atoms with E-state index in [0.29, 0.717) is 0 Å². The summed E-state index contributed by atoms with van der Waals surface area (Å²) in [6.45, 7) is 61.6. The average Bonchev–Trinajstić information content (AvgIpc) is 1.61. The highest BCUT2D eigenvalue weighted by atomic mass is 15.5. The number of nitrogens with zero attached hydrogens (tertiary/aromatic N) is 15. The minimum Gasteiger partial charge on any atom is -0.365 e. The molecular weight excluding hydrogens is 1370 g/mol. The summed E-state index contributed by atoms with van der Waals surface area (Å²) in [7, 11) is 0. The molecule has 5 N–H and O–H groups in total. The monoisotopic (exact) mass is 1540 g/mol. The van der Waals surface area contributed by atoms with E-state index in [4.69, 9.17) is 0 Å². The third-order valence-electron chi connectivity index (χ3n) is 13.3. The van der Waals surface area contributed by atoms with Crippen LogP contribution in [0.2, 0.25) is 0 Å². The summed E-state index contributed by atoms with van der Waals surface area (Å²) < 4.78 is 0. The molecule has 0 aromatic carbocycles. The first-order valence-corrected chi connectivity index (χ1v) is 33.6. The molecule has 0 atom stereocenters. The normalized spacial score (nSPS) is 10.1. The van der Waals surface area contributed by atoms with Crippen molar-refractivity contribution >= 4 is 0 Å². The summed E-state index contributed by atoms with van der Waals surface area (Å²) >= 11 is 0. The number of nitrogens with one attached hydrogen (secondary N) is 5. The topological polar surface area (TPSA) is 272 Å². The Labute approximate surface area is 683 Å². The maximum atomic E-state index is 4.19. The van der Waals surface area contributed by atoms with Crippen molar-refractivity contribution in [3.63, 3.8) is 0 Å². The molecule has 0 radical (unpaired) electrons. The molecular formula is C91H170N20. The van der Waals surface area contributed by atoms with Crippen molar-refractivity contribution in [3.05, 3.63) is 247 Å². The fraction of sp³-hybridized carbons (Fsp3) is 0.549. The van der Waals surface area contributed by atoms with Gasteiger partial charge in [0.05, 0.1) is 5.69 Å². The van der Waals surface area contributed by atoms with Crippen LogP contribution in [0.25, 0.3) is 0 Å². The molecule has 20 nitrogen and oxygen atoms in total. The van der Waals surface area contributed by atoms with E-state index in [2.05, 4.69) is 279 Å². The van der Waals surface area contributed by atoms with Gasteiger partial charge in [0, 0.05) is 171 Å². The molecule has 0 unspecified atom stereocenters. The van der Waals surface area contributed by atoms with Crippen LogP contribution in [-0.4, -0.2) is 101 Å². The molecule has 0 aliphatic heterocycles. The van der Waals surface area contributed by atoms with E-state index in [1.54, 1.807) is 86.9 Å². The van der Waals surface area contributed by atoms with Gasteiger partial charge in [-0.2, -0.15) is 10.3 Å². The molecule has 0 saturated heterocycles. The molecule has 0 aliphatic carbocycles. The highest BCUT2D eigenvalue weighted by Gasteiger charge is 2.20. The second kappa shape index (κ2) is 61.4. The second-order valence-electron chi connectivity index (χ2n) is 32.4. The summed E-state index contributed by atoms with van der Waals surface area (Å²) in [5, 5.41) is 20.3. The Balaban J connectivity index is -0.0000000962. The number of aromatic nitrogens is 20. The van der Waals surface area contributed by atoms with E-state index < -0.39 is 0 Å². The molecule has 0 amide bonds. The number of H-pyrrole nitrogens is 5. The molecule has 11 heterocycles. The van der Waals surface area contributed by atoms with Gasteiger partial charge >= 0.3 is 0 Å². The third kappa shape index (κ3) is 60.1. The van der Waals surface area contributed by atoms with Crippen LogP contribution in [0, 0.1) is 13.8 Å². The van der Waals surface area contributed by atoms with Crippen LogP contribution < -0.4 is 0 Å². The summed E-state index contributed by atoms with van der Waals surface area (Å²) in [6.07, 6.45) is 32.2. The van der Waals surface area contributed by atoms with Gasteiger partial charge in [-0.1, -0.05) is 293 Å². The zero-order valence-electron chi connectivity index (χ0n) is 65.5. The van der Waals surface area contributed by atoms with Crippen LogP contribution in [0.5, 0.6) is 0 Å². The van der Waals surface area contributed by atoms with Gasteiger partial charge in [-0.15, -0.1) is 10.2 Å². The van der Waals surface area contributed by atoms with Gasteiger partial charge < -0.3 is 15.0 Å². The quantitative estimate of drug-likeness (QED) is 0.0944. The maximum absolute atomic E-state index is 4.19. The molecule has 0 spiro atoms. The van der Waals surface area contributed by atoms with Crippen molar-refractivity contribution in [2.45, 2.75) is 339 Å². The minimum atomic E-state index is 0. The molecule has 0 aliphatic rings. The summed E-state index contributed by atoms with van der Waals surface area (Å²) in [5.74, 6) is 3.74. The Kier molecular flexibility index (Phi) is 70.8. The lowest BCUT2D eigenvalue weighted by Gasteiger charge is -2.17. The summed E-state index contributed by atoms with van der Waals surface area (Å²) in [6, 6.07) is 23.8. The van der Waals surface area contributed by atoms with Crippen LogP contribution in [0.3, 0.4) is 0 Å². The first-order valence-electron chi connectivity index (χ1n) is 33.6. The lowest BCUT2D eigenvalue weighted by atomic mass is 9.88. The van der Waals surface area contributed by atoms with E-state index >= 15 is 0 Å². The smallest absolute Gasteiger partial charge is 0.179 e. The fourth-order valence-corrected chi connectivity index (χ4v) is 7.09. The van der Waals surface area contributed by atoms with Gasteiger partial charge in [0.1, 0.15) is 23.8 Å². The predicted octanol–water partition coefficient (Wildman–Crippen LogP) is 26.0. The molecule has 0 saturated carbocycles. The minimum absolute atomic E-state index is 0. The fourth-order valence-electron chi connectivity index (χ4n) is 7.09. The summed E-state index contributed by atoms with van der Waals surface area (Å²) in [4.78, 5) is 53.9. The number of hydrogen-bond acceptors (Lipinski definition) is 15. The molecule has 11 aromatic heterocycles. The molecule has 111 heavy (non-hydrogen) atoms. The second-order valence-corrected chi connectivity index (χ2v) is 32.4. The molecule has 0 fully saturated rings. The standard InChI is InChI=1S/C9H13N.3C8H12N2.C8H13N.3C7H12N2.2C6H7N.C5H10N4.12CH4/c1-9(2,3)8-5-4-6-10-7-8;1-8(2,3)7-6-9-4-5-10-7;1-8(2,3)7-4-5-9-6-10-7;1-8(2,3)7-9-5-4-6-10-7;1-8(2,3)7-5-4-6-9-7;2*1-7(2,3)6-8-4-5-9-6;1-7(2,3)6-4-5-8-9-6;1-6-2-4-7-5-3-6;1-6-4-2-3-5-7-6;1-5(2,3)4-6-8-9-7-4;;;;;;;;;;;;/h4-7H,1-3H3;3*4-6H,1-3H3;4-6,9H,1-3H3;3*4-5H,1-3H3,(H,8,9);2*2-5H,1H3;1-3H3,(H,6,7,8,9);12*1H4. The number of aromatic amines is 5. The summed E-state index contributed by atoms with van der Waals surface area (Å²) in [5.41, 5.74) is 9.57. The van der Waals surface area contributed by atoms with E-state index in [1.807, 2.05) is 120 Å². The van der Waals surface area contributed by atoms with Crippen molar-refractivity contribution in [3.8, 4) is 0 Å². The Hall–Kier alpha value is -9.33. The zero-order chi connectivity index (χ0) is 75.2. The van der Waals surface area contributed by atoms with Crippen LogP contribution in [0.15, 0.2) is 184 Å². The number of pyridine rings is 3. The van der Waals surface area contributed by atoms with Gasteiger partial charge in [-0.05, 0) is 91.1 Å². The SMILES string of the molecule is C.C.C.C.C.C.C.C.C.C.C.C.CC(C)(C)c1ccc[nH]1.CC(C)(C)c1cccnc1.CC(C)(C)c1ccn[nH]1.CC(C)(C)c1ccncn1.CC(C)(C)c1cnccn1.CC(C)(C)c1ncc[nH]1.CC(C)(C)c1ncc[nH]1.CC(C)(C)c1ncccn1.CC(C)(C)c1nn[nH]n1.Cc1ccccn1.Cc1ccncc1. The maximum Gasteiger partial charge on any atom is 0.179 e. The van der Waals surface area contributed by atoms with Gasteiger partial charge in [0.2, 0.25) is 0 Å². The number of imidazole rings is 2. The van der Waals surface area contributed by atoms with E-state index in [0.717, 1.165) is 40.4 Å². The largest absolute Gasteiger partial charge is 0.365 e. The van der Waals surface area contributed by atoms with E-state index in [-0.39, 0.29) is 138 Å². The Morgan fingerprint density at radius 3 is 0.991 bits per heavy atom. The van der Waals surface area contributed by atoms with Crippen LogP contribution in [-0.2, 0) is 48.7 Å². The lowest BCUT2D eigenvalue weighted by Crippen LogP contribution is -2.14. The van der Waals surface area contributed by atoms with Gasteiger partial charge in [-0.25, -0.2) is 29.9 Å². The number of rotatable bonds is 0. The first kappa shape index (κ1) is 128. The predicted molar refractivity (Wildman–Crippen MR) is 488 cm³/mol. The van der Waals surface area contributed by atoms with E-state index in [9.17, 15) is 0 Å². The van der Waals surface area contributed by atoms with Crippen molar-refractivity contribution < 1.29 is 0 Å². The molecule has 11 aromatic rings. The van der Waals surface area contributed by atoms with E-state index in [1.165, 1.54) is 22.5 Å². The highest BCUT2D eigenvalue weighted by molar-refractivity contribution is 5.18. The van der Waals surface area contributed by atoms with Crippen LogP contribution >= 0.6 is 0 Å². The van der Waals surface area contributed by atoms with Crippen molar-refractivity contribution in [1.29, 1.82) is 0 Å². The first-order chi connectivity index (χ1) is 45.7. The molecule has 0 bridgehead atoms. The third-order valence-corrected chi connectivity index (χ3v) is 13.3.